The van der Waals surface area contributed by atoms with Crippen LogP contribution in [0.4, 0.5) is 18.9 Å². The highest BCUT2D eigenvalue weighted by molar-refractivity contribution is 7.91. The van der Waals surface area contributed by atoms with E-state index in [1.54, 1.807) is 0 Å². The Morgan fingerprint density at radius 1 is 1.00 bits per heavy atom. The molecule has 0 unspecified atom stereocenters. The van der Waals surface area contributed by atoms with Crippen LogP contribution in [0.3, 0.4) is 0 Å². The molecule has 0 N–H and O–H groups in total. The standard InChI is InChI=1S/C13H8F3NO4S/c14-13(15,16)9-4-3-5-10(8-9)22(20,21)12-7-2-1-6-11(12)17(18)19/h1-8H. The van der Waals surface area contributed by atoms with Crippen LogP contribution in [0.15, 0.2) is 58.3 Å². The molecule has 0 atom stereocenters. The second-order valence-corrected chi connectivity index (χ2v) is 6.17. The fourth-order valence-corrected chi connectivity index (χ4v) is 3.27. The molecule has 2 aromatic rings. The molecule has 0 saturated carbocycles. The Kier molecular flexibility index (Phi) is 3.92. The molecule has 0 radical (unpaired) electrons. The van der Waals surface area contributed by atoms with Gasteiger partial charge in [0.05, 0.1) is 15.4 Å². The molecule has 9 heteroatoms. The number of nitro groups is 1. The van der Waals surface area contributed by atoms with Crippen molar-refractivity contribution < 1.29 is 26.5 Å². The number of nitro benzene ring substituents is 1. The maximum atomic E-state index is 12.7. The van der Waals surface area contributed by atoms with Crippen LogP contribution in [0.1, 0.15) is 5.56 Å². The summed E-state index contributed by atoms with van der Waals surface area (Å²) in [6.45, 7) is 0. The first kappa shape index (κ1) is 16.0. The second-order valence-electron chi connectivity index (χ2n) is 4.25. The van der Waals surface area contributed by atoms with E-state index < -0.39 is 42.0 Å². The Morgan fingerprint density at radius 2 is 1.64 bits per heavy atom. The minimum atomic E-state index is -4.71. The van der Waals surface area contributed by atoms with Crippen LogP contribution in [-0.4, -0.2) is 13.3 Å². The lowest BCUT2D eigenvalue weighted by Crippen LogP contribution is -2.09. The van der Waals surface area contributed by atoms with Crippen LogP contribution >= 0.6 is 0 Å². The van der Waals surface area contributed by atoms with Gasteiger partial charge in [-0.1, -0.05) is 18.2 Å². The van der Waals surface area contributed by atoms with E-state index in [4.69, 9.17) is 0 Å². The molecule has 0 amide bonds. The normalized spacial score (nSPS) is 12.1. The highest BCUT2D eigenvalue weighted by Gasteiger charge is 2.33. The van der Waals surface area contributed by atoms with E-state index >= 15 is 0 Å². The van der Waals surface area contributed by atoms with Crippen molar-refractivity contribution in [3.05, 3.63) is 64.2 Å². The van der Waals surface area contributed by atoms with Crippen molar-refractivity contribution in [1.82, 2.24) is 0 Å². The van der Waals surface area contributed by atoms with Crippen LogP contribution in [-0.2, 0) is 16.0 Å². The molecule has 116 valence electrons. The van der Waals surface area contributed by atoms with Crippen LogP contribution in [0, 0.1) is 10.1 Å². The van der Waals surface area contributed by atoms with E-state index in [-0.39, 0.29) is 0 Å². The van der Waals surface area contributed by atoms with Crippen molar-refractivity contribution in [2.75, 3.05) is 0 Å². The average Bonchev–Trinajstić information content (AvgIpc) is 2.46. The third kappa shape index (κ3) is 2.93. The number of para-hydroxylation sites is 1. The summed E-state index contributed by atoms with van der Waals surface area (Å²) in [5, 5.41) is 10.9. The van der Waals surface area contributed by atoms with Crippen LogP contribution < -0.4 is 0 Å². The lowest BCUT2D eigenvalue weighted by Gasteiger charge is -2.09. The topological polar surface area (TPSA) is 77.3 Å². The van der Waals surface area contributed by atoms with Gasteiger partial charge in [-0.25, -0.2) is 8.42 Å². The van der Waals surface area contributed by atoms with Gasteiger partial charge >= 0.3 is 6.18 Å². The predicted molar refractivity (Wildman–Crippen MR) is 70.0 cm³/mol. The molecule has 0 heterocycles. The summed E-state index contributed by atoms with van der Waals surface area (Å²) in [6, 6.07) is 7.54. The minimum absolute atomic E-state index is 0.450. The number of sulfone groups is 1. The molecule has 2 aromatic carbocycles. The molecular formula is C13H8F3NO4S. The van der Waals surface area contributed by atoms with Gasteiger partial charge in [0, 0.05) is 6.07 Å². The van der Waals surface area contributed by atoms with Gasteiger partial charge in [0.1, 0.15) is 4.90 Å². The molecule has 0 aliphatic heterocycles. The van der Waals surface area contributed by atoms with E-state index in [2.05, 4.69) is 0 Å². The molecule has 0 spiro atoms. The van der Waals surface area contributed by atoms with Gasteiger partial charge < -0.3 is 0 Å². The molecule has 0 bridgehead atoms. The molecule has 2 rings (SSSR count). The molecule has 0 saturated heterocycles. The van der Waals surface area contributed by atoms with Gasteiger partial charge in [-0.2, -0.15) is 13.2 Å². The van der Waals surface area contributed by atoms with Crippen LogP contribution in [0.2, 0.25) is 0 Å². The van der Waals surface area contributed by atoms with Gasteiger partial charge in [-0.05, 0) is 24.3 Å². The van der Waals surface area contributed by atoms with Gasteiger partial charge in [0.2, 0.25) is 9.84 Å². The zero-order chi connectivity index (χ0) is 16.5. The van der Waals surface area contributed by atoms with Gasteiger partial charge in [-0.15, -0.1) is 0 Å². The van der Waals surface area contributed by atoms with E-state index in [0.717, 1.165) is 30.3 Å². The lowest BCUT2D eigenvalue weighted by molar-refractivity contribution is -0.387. The predicted octanol–water partition coefficient (Wildman–Crippen LogP) is 3.45. The first-order chi connectivity index (χ1) is 10.1. The number of rotatable bonds is 3. The number of benzene rings is 2. The summed E-state index contributed by atoms with van der Waals surface area (Å²) in [4.78, 5) is 8.68. The van der Waals surface area contributed by atoms with Crippen molar-refractivity contribution in [2.24, 2.45) is 0 Å². The summed E-state index contributed by atoms with van der Waals surface area (Å²) in [5.74, 6) is 0. The van der Waals surface area contributed by atoms with Crippen LogP contribution in [0.5, 0.6) is 0 Å². The third-order valence-electron chi connectivity index (χ3n) is 2.82. The average molecular weight is 331 g/mol. The first-order valence-electron chi connectivity index (χ1n) is 5.80. The summed E-state index contributed by atoms with van der Waals surface area (Å²) in [5.41, 5.74) is -1.84. The maximum absolute atomic E-state index is 12.7. The molecule has 5 nitrogen and oxygen atoms in total. The van der Waals surface area contributed by atoms with Crippen molar-refractivity contribution in [1.29, 1.82) is 0 Å². The smallest absolute Gasteiger partial charge is 0.258 e. The monoisotopic (exact) mass is 331 g/mol. The van der Waals surface area contributed by atoms with E-state index in [1.807, 2.05) is 0 Å². The Bertz CT molecular complexity index is 831. The summed E-state index contributed by atoms with van der Waals surface area (Å²) in [7, 11) is -4.44. The minimum Gasteiger partial charge on any atom is -0.258 e. The Morgan fingerprint density at radius 3 is 2.23 bits per heavy atom. The van der Waals surface area contributed by atoms with Gasteiger partial charge in [0.15, 0.2) is 0 Å². The molecule has 22 heavy (non-hydrogen) atoms. The highest BCUT2D eigenvalue weighted by atomic mass is 32.2. The SMILES string of the molecule is O=[N+]([O-])c1ccccc1S(=O)(=O)c1cccc(C(F)(F)F)c1. The number of nitrogens with zero attached hydrogens (tertiary/aromatic N) is 1. The summed E-state index contributed by atoms with van der Waals surface area (Å²) >= 11 is 0. The van der Waals surface area contributed by atoms with E-state index in [1.165, 1.54) is 12.1 Å². The largest absolute Gasteiger partial charge is 0.416 e. The van der Waals surface area contributed by atoms with E-state index in [0.29, 0.717) is 6.07 Å². The Balaban J connectivity index is 2.65. The first-order valence-corrected chi connectivity index (χ1v) is 7.28. The number of hydrogen-bond donors (Lipinski definition) is 0. The number of halogens is 3. The van der Waals surface area contributed by atoms with E-state index in [9.17, 15) is 31.7 Å². The molecule has 0 aliphatic carbocycles. The fraction of sp³-hybridized carbons (Fsp3) is 0.0769. The zero-order valence-electron chi connectivity index (χ0n) is 10.7. The summed E-state index contributed by atoms with van der Waals surface area (Å²) < 4.78 is 62.7. The van der Waals surface area contributed by atoms with Gasteiger partial charge in [0.25, 0.3) is 5.69 Å². The third-order valence-corrected chi connectivity index (χ3v) is 4.62. The molecule has 0 aliphatic rings. The lowest BCUT2D eigenvalue weighted by atomic mass is 10.2. The highest BCUT2D eigenvalue weighted by Crippen LogP contribution is 2.33. The van der Waals surface area contributed by atoms with Crippen LogP contribution in [0.25, 0.3) is 0 Å². The Labute approximate surface area is 123 Å². The summed E-state index contributed by atoms with van der Waals surface area (Å²) in [6.07, 6.45) is -4.71. The van der Waals surface area contributed by atoms with Crippen molar-refractivity contribution in [3.8, 4) is 0 Å². The fourth-order valence-electron chi connectivity index (χ4n) is 1.80. The maximum Gasteiger partial charge on any atom is 0.416 e. The number of alkyl halides is 3. The second kappa shape index (κ2) is 5.41. The van der Waals surface area contributed by atoms with Crippen molar-refractivity contribution in [3.63, 3.8) is 0 Å². The Hall–Kier alpha value is -2.42. The van der Waals surface area contributed by atoms with Crippen molar-refractivity contribution in [2.45, 2.75) is 16.0 Å². The quantitative estimate of drug-likeness (QED) is 0.637. The zero-order valence-corrected chi connectivity index (χ0v) is 11.6. The molecule has 0 aromatic heterocycles. The number of hydrogen-bond acceptors (Lipinski definition) is 4. The van der Waals surface area contributed by atoms with Gasteiger partial charge in [-0.3, -0.25) is 10.1 Å². The molecular weight excluding hydrogens is 323 g/mol. The molecule has 0 fully saturated rings. The van der Waals surface area contributed by atoms with Crippen molar-refractivity contribution >= 4 is 15.5 Å².